The molecule has 0 aliphatic heterocycles. The molecule has 1 heterocycles. The van der Waals surface area contributed by atoms with Crippen molar-refractivity contribution in [2.24, 2.45) is 0 Å². The Hall–Kier alpha value is -3.07. The summed E-state index contributed by atoms with van der Waals surface area (Å²) in [7, 11) is 1.17. The lowest BCUT2D eigenvalue weighted by Crippen LogP contribution is -2.28. The van der Waals surface area contributed by atoms with Gasteiger partial charge in [-0.3, -0.25) is 4.79 Å². The summed E-state index contributed by atoms with van der Waals surface area (Å²) in [6.45, 7) is 2.04. The number of pyridine rings is 1. The Morgan fingerprint density at radius 1 is 1.23 bits per heavy atom. The highest BCUT2D eigenvalue weighted by atomic mass is 19.1. The first kappa shape index (κ1) is 23.2. The van der Waals surface area contributed by atoms with Crippen LogP contribution in [0.15, 0.2) is 29.2 Å². The molecule has 162 valence electrons. The molecule has 1 aromatic heterocycles. The predicted molar refractivity (Wildman–Crippen MR) is 105 cm³/mol. The molecule has 0 saturated carbocycles. The van der Waals surface area contributed by atoms with Gasteiger partial charge in [0.2, 0.25) is 5.43 Å². The lowest BCUT2D eigenvalue weighted by atomic mass is 10.1. The molecule has 2 rings (SSSR count). The number of hydrogen-bond donors (Lipinski definition) is 1. The van der Waals surface area contributed by atoms with Gasteiger partial charge in [-0.25, -0.2) is 13.6 Å². The maximum absolute atomic E-state index is 13.8. The van der Waals surface area contributed by atoms with E-state index in [9.17, 15) is 23.2 Å². The zero-order valence-electron chi connectivity index (χ0n) is 16.9. The number of halogens is 2. The molecule has 0 aliphatic carbocycles. The number of nitrogens with one attached hydrogen (secondary N) is 1. The second-order valence-electron chi connectivity index (χ2n) is 6.51. The highest BCUT2D eigenvalue weighted by molar-refractivity contribution is 5.90. The number of hydrogen-bond acceptors (Lipinski definition) is 6. The number of carbonyl (C=O) groups excluding carboxylic acids is 2. The van der Waals surface area contributed by atoms with Crippen molar-refractivity contribution >= 4 is 12.3 Å². The number of aromatic nitrogens is 1. The summed E-state index contributed by atoms with van der Waals surface area (Å²) in [5.74, 6) is -2.37. The van der Waals surface area contributed by atoms with E-state index in [2.05, 4.69) is 5.32 Å². The van der Waals surface area contributed by atoms with Gasteiger partial charge in [0, 0.05) is 36.5 Å². The molecule has 9 heteroatoms. The third-order valence-electron chi connectivity index (χ3n) is 4.35. The molecule has 0 bridgehead atoms. The largest absolute Gasteiger partial charge is 0.487 e. The van der Waals surface area contributed by atoms with E-state index < -0.39 is 23.0 Å². The number of rotatable bonds is 11. The Balaban J connectivity index is 2.34. The summed E-state index contributed by atoms with van der Waals surface area (Å²) in [5.41, 5.74) is -0.214. The third kappa shape index (κ3) is 5.73. The fourth-order valence-corrected chi connectivity index (χ4v) is 2.80. The van der Waals surface area contributed by atoms with Gasteiger partial charge in [-0.05, 0) is 12.5 Å². The summed E-state index contributed by atoms with van der Waals surface area (Å²) in [4.78, 5) is 36.2. The fraction of sp³-hybridized carbons (Fsp3) is 0.381. The molecular weight excluding hydrogens is 398 g/mol. The number of methoxy groups -OCH3 is 1. The minimum Gasteiger partial charge on any atom is -0.487 e. The summed E-state index contributed by atoms with van der Waals surface area (Å²) in [5, 5.41) is 2.91. The molecule has 0 aliphatic rings. The summed E-state index contributed by atoms with van der Waals surface area (Å²) < 4.78 is 38.4. The monoisotopic (exact) mass is 422 g/mol. The number of nitrogens with zero attached hydrogens (tertiary/aromatic N) is 1. The van der Waals surface area contributed by atoms with Crippen molar-refractivity contribution < 1.29 is 27.8 Å². The van der Waals surface area contributed by atoms with Crippen LogP contribution in [0.2, 0.25) is 0 Å². The zero-order valence-corrected chi connectivity index (χ0v) is 16.9. The first-order valence-corrected chi connectivity index (χ1v) is 9.48. The van der Waals surface area contributed by atoms with Crippen LogP contribution in [0.4, 0.5) is 8.78 Å². The van der Waals surface area contributed by atoms with Gasteiger partial charge in [-0.15, -0.1) is 0 Å². The smallest absolute Gasteiger partial charge is 0.358 e. The normalized spacial score (nSPS) is 10.7. The molecular formula is C21H24F2N2O5. The van der Waals surface area contributed by atoms with Gasteiger partial charge >= 0.3 is 5.97 Å². The zero-order chi connectivity index (χ0) is 22.1. The molecule has 0 unspecified atom stereocenters. The number of aldehydes is 1. The topological polar surface area (TPSA) is 86.6 Å². The minimum atomic E-state index is -0.798. The maximum Gasteiger partial charge on any atom is 0.358 e. The molecule has 0 spiro atoms. The maximum atomic E-state index is 13.8. The number of benzene rings is 1. The van der Waals surface area contributed by atoms with Gasteiger partial charge in [0.1, 0.15) is 17.9 Å². The van der Waals surface area contributed by atoms with Crippen LogP contribution in [-0.4, -0.2) is 30.5 Å². The standard InChI is InChI=1S/C21H24F2N2O5/c1-3-4-9-30-20-18(21(28)29-2)25(7-8-26)13-15(19(20)27)12-24-11-14-5-6-16(22)10-17(14)23/h5-6,8,10,13,24H,3-4,7,9,11-12H2,1-2H3. The van der Waals surface area contributed by atoms with Gasteiger partial charge in [-0.1, -0.05) is 19.4 Å². The van der Waals surface area contributed by atoms with Crippen molar-refractivity contribution in [3.8, 4) is 5.75 Å². The van der Waals surface area contributed by atoms with Crippen LogP contribution < -0.4 is 15.5 Å². The lowest BCUT2D eigenvalue weighted by molar-refractivity contribution is -0.108. The average molecular weight is 422 g/mol. The van der Waals surface area contributed by atoms with Crippen LogP contribution in [0, 0.1) is 11.6 Å². The lowest BCUT2D eigenvalue weighted by Gasteiger charge is -2.17. The molecule has 1 N–H and O–H groups in total. The van der Waals surface area contributed by atoms with Crippen LogP contribution in [-0.2, 0) is 29.2 Å². The molecule has 7 nitrogen and oxygen atoms in total. The van der Waals surface area contributed by atoms with Gasteiger partial charge in [0.25, 0.3) is 0 Å². The Kier molecular flexibility index (Phi) is 8.67. The molecule has 0 fully saturated rings. The van der Waals surface area contributed by atoms with Crippen molar-refractivity contribution in [3.63, 3.8) is 0 Å². The minimum absolute atomic E-state index is 0.0140. The van der Waals surface area contributed by atoms with Crippen molar-refractivity contribution in [3.05, 3.63) is 63.1 Å². The van der Waals surface area contributed by atoms with Crippen LogP contribution in [0.25, 0.3) is 0 Å². The Bertz CT molecular complexity index is 959. The SMILES string of the molecule is CCCCOc1c(C(=O)OC)n(CC=O)cc(CNCc2ccc(F)cc2F)c1=O. The molecule has 1 aromatic carbocycles. The number of unbranched alkanes of at least 4 members (excludes halogenated alkanes) is 1. The van der Waals surface area contributed by atoms with Crippen LogP contribution >= 0.6 is 0 Å². The number of carbonyl (C=O) groups is 2. The van der Waals surface area contributed by atoms with Crippen molar-refractivity contribution in [1.82, 2.24) is 9.88 Å². The third-order valence-corrected chi connectivity index (χ3v) is 4.35. The number of ether oxygens (including phenoxy) is 2. The highest BCUT2D eigenvalue weighted by Crippen LogP contribution is 2.18. The molecule has 2 aromatic rings. The van der Waals surface area contributed by atoms with Gasteiger partial charge in [0.15, 0.2) is 11.4 Å². The van der Waals surface area contributed by atoms with E-state index in [1.165, 1.54) is 23.9 Å². The molecule has 0 atom stereocenters. The van der Waals surface area contributed by atoms with E-state index in [4.69, 9.17) is 9.47 Å². The molecule has 30 heavy (non-hydrogen) atoms. The molecule has 0 saturated heterocycles. The second kappa shape index (κ2) is 11.2. The van der Waals surface area contributed by atoms with E-state index in [0.29, 0.717) is 12.7 Å². The van der Waals surface area contributed by atoms with E-state index >= 15 is 0 Å². The van der Waals surface area contributed by atoms with Crippen molar-refractivity contribution in [1.29, 1.82) is 0 Å². The van der Waals surface area contributed by atoms with E-state index in [1.807, 2.05) is 6.92 Å². The van der Waals surface area contributed by atoms with Crippen molar-refractivity contribution in [2.75, 3.05) is 13.7 Å². The van der Waals surface area contributed by atoms with E-state index in [1.54, 1.807) is 0 Å². The first-order chi connectivity index (χ1) is 14.4. The highest BCUT2D eigenvalue weighted by Gasteiger charge is 2.23. The summed E-state index contributed by atoms with van der Waals surface area (Å²) >= 11 is 0. The molecule has 0 amide bonds. The summed E-state index contributed by atoms with van der Waals surface area (Å²) in [6.07, 6.45) is 3.43. The average Bonchev–Trinajstić information content (AvgIpc) is 2.72. The van der Waals surface area contributed by atoms with Crippen LogP contribution in [0.5, 0.6) is 5.75 Å². The Labute approximate surface area is 172 Å². The predicted octanol–water partition coefficient (Wildman–Crippen LogP) is 2.58. The van der Waals surface area contributed by atoms with Crippen molar-refractivity contribution in [2.45, 2.75) is 39.4 Å². The van der Waals surface area contributed by atoms with Crippen LogP contribution in [0.1, 0.15) is 41.4 Å². The first-order valence-electron chi connectivity index (χ1n) is 9.48. The summed E-state index contributed by atoms with van der Waals surface area (Å²) in [6, 6.07) is 3.23. The Morgan fingerprint density at radius 2 is 1.97 bits per heavy atom. The quantitative estimate of drug-likeness (QED) is 0.340. The van der Waals surface area contributed by atoms with E-state index in [-0.39, 0.29) is 48.8 Å². The fourth-order valence-electron chi connectivity index (χ4n) is 2.80. The van der Waals surface area contributed by atoms with Crippen LogP contribution in [0.3, 0.4) is 0 Å². The molecule has 0 radical (unpaired) electrons. The van der Waals surface area contributed by atoms with E-state index in [0.717, 1.165) is 18.6 Å². The van der Waals surface area contributed by atoms with Gasteiger partial charge in [0.05, 0.1) is 20.3 Å². The van der Waals surface area contributed by atoms with Gasteiger partial charge < -0.3 is 24.2 Å². The van der Waals surface area contributed by atoms with Gasteiger partial charge in [-0.2, -0.15) is 0 Å². The number of esters is 1. The second-order valence-corrected chi connectivity index (χ2v) is 6.51. The Morgan fingerprint density at radius 3 is 2.60 bits per heavy atom.